The maximum atomic E-state index is 12.2. The van der Waals surface area contributed by atoms with Gasteiger partial charge in [-0.1, -0.05) is 103 Å². The van der Waals surface area contributed by atoms with E-state index in [4.69, 9.17) is 4.42 Å². The molecule has 4 nitrogen and oxygen atoms in total. The molecule has 0 spiro atoms. The number of amides is 1. The summed E-state index contributed by atoms with van der Waals surface area (Å²) in [7, 11) is 0. The van der Waals surface area contributed by atoms with Crippen LogP contribution in [0.4, 0.5) is 0 Å². The Morgan fingerprint density at radius 1 is 0.800 bits per heavy atom. The molecular formula is C26H39NO3. The molecule has 0 fully saturated rings. The van der Waals surface area contributed by atoms with Crippen LogP contribution in [0.3, 0.4) is 0 Å². The highest BCUT2D eigenvalue weighted by molar-refractivity contribution is 5.93. The van der Waals surface area contributed by atoms with Gasteiger partial charge in [0.15, 0.2) is 11.2 Å². The van der Waals surface area contributed by atoms with Crippen LogP contribution in [0.1, 0.15) is 107 Å². The van der Waals surface area contributed by atoms with Gasteiger partial charge in [0.1, 0.15) is 5.58 Å². The molecule has 1 aromatic heterocycles. The van der Waals surface area contributed by atoms with Crippen molar-refractivity contribution in [3.05, 3.63) is 46.3 Å². The van der Waals surface area contributed by atoms with Gasteiger partial charge in [-0.3, -0.25) is 9.59 Å². The first-order valence-corrected chi connectivity index (χ1v) is 12.0. The Morgan fingerprint density at radius 3 is 1.93 bits per heavy atom. The maximum Gasteiger partial charge on any atom is 0.287 e. The predicted octanol–water partition coefficient (Wildman–Crippen LogP) is 7.00. The van der Waals surface area contributed by atoms with Crippen molar-refractivity contribution in [1.82, 2.24) is 5.32 Å². The van der Waals surface area contributed by atoms with Crippen molar-refractivity contribution in [2.75, 3.05) is 6.54 Å². The molecule has 1 heterocycles. The zero-order chi connectivity index (χ0) is 21.4. The van der Waals surface area contributed by atoms with E-state index < -0.39 is 0 Å². The van der Waals surface area contributed by atoms with E-state index in [0.717, 1.165) is 12.8 Å². The van der Waals surface area contributed by atoms with Crippen LogP contribution in [0.25, 0.3) is 11.0 Å². The maximum absolute atomic E-state index is 12.2. The molecule has 0 aliphatic rings. The summed E-state index contributed by atoms with van der Waals surface area (Å²) in [5, 5.41) is 3.36. The summed E-state index contributed by atoms with van der Waals surface area (Å²) in [6, 6.07) is 8.28. The minimum absolute atomic E-state index is 0.0871. The number of benzene rings is 1. The van der Waals surface area contributed by atoms with Gasteiger partial charge in [-0.05, 0) is 18.6 Å². The third kappa shape index (κ3) is 9.15. The summed E-state index contributed by atoms with van der Waals surface area (Å²) in [6.07, 6.45) is 18.4. The average molecular weight is 414 g/mol. The summed E-state index contributed by atoms with van der Waals surface area (Å²) in [5.41, 5.74) is 0.269. The fourth-order valence-electron chi connectivity index (χ4n) is 3.82. The van der Waals surface area contributed by atoms with Crippen molar-refractivity contribution in [2.24, 2.45) is 0 Å². The molecular weight excluding hydrogens is 374 g/mol. The normalized spacial score (nSPS) is 11.1. The molecule has 1 aromatic carbocycles. The van der Waals surface area contributed by atoms with Crippen LogP contribution in [0.5, 0.6) is 0 Å². The van der Waals surface area contributed by atoms with Gasteiger partial charge in [0, 0.05) is 12.6 Å². The minimum atomic E-state index is -0.312. The Balaban J connectivity index is 1.46. The van der Waals surface area contributed by atoms with Crippen molar-refractivity contribution in [1.29, 1.82) is 0 Å². The molecule has 0 aliphatic heterocycles. The second kappa shape index (κ2) is 14.8. The van der Waals surface area contributed by atoms with Gasteiger partial charge >= 0.3 is 0 Å². The Bertz CT molecular complexity index is 796. The Kier molecular flexibility index (Phi) is 11.9. The van der Waals surface area contributed by atoms with Crippen molar-refractivity contribution in [2.45, 2.75) is 96.8 Å². The van der Waals surface area contributed by atoms with E-state index in [2.05, 4.69) is 12.2 Å². The standard InChI is InChI=1S/C26H39NO3/c1-2-3-4-5-6-7-8-9-10-11-12-13-14-17-20-27-26(29)25-21-23(28)22-18-15-16-19-24(22)30-25/h15-16,18-19,21H,2-14,17,20H2,1H3,(H,27,29). The fourth-order valence-corrected chi connectivity index (χ4v) is 3.82. The number of fused-ring (bicyclic) bond motifs is 1. The number of carbonyl (C=O) groups is 1. The molecule has 0 radical (unpaired) electrons. The van der Waals surface area contributed by atoms with E-state index in [0.29, 0.717) is 17.5 Å². The molecule has 0 saturated carbocycles. The lowest BCUT2D eigenvalue weighted by atomic mass is 10.0. The number of unbranched alkanes of at least 4 members (excludes halogenated alkanes) is 13. The summed E-state index contributed by atoms with van der Waals surface area (Å²) < 4.78 is 5.57. The van der Waals surface area contributed by atoms with E-state index in [9.17, 15) is 9.59 Å². The first kappa shape index (κ1) is 24.2. The van der Waals surface area contributed by atoms with Crippen LogP contribution >= 0.6 is 0 Å². The molecule has 0 bridgehead atoms. The smallest absolute Gasteiger partial charge is 0.287 e. The number of carbonyl (C=O) groups excluding carboxylic acids is 1. The number of para-hydroxylation sites is 1. The zero-order valence-corrected chi connectivity index (χ0v) is 18.7. The lowest BCUT2D eigenvalue weighted by Crippen LogP contribution is -2.25. The van der Waals surface area contributed by atoms with E-state index in [1.165, 1.54) is 83.1 Å². The Morgan fingerprint density at radius 2 is 1.33 bits per heavy atom. The second-order valence-corrected chi connectivity index (χ2v) is 8.32. The van der Waals surface area contributed by atoms with E-state index in [1.54, 1.807) is 24.3 Å². The fraction of sp³-hybridized carbons (Fsp3) is 0.615. The SMILES string of the molecule is CCCCCCCCCCCCCCCCNC(=O)c1cc(=O)c2ccccc2o1. The molecule has 1 N–H and O–H groups in total. The van der Waals surface area contributed by atoms with E-state index >= 15 is 0 Å². The molecule has 0 saturated heterocycles. The van der Waals surface area contributed by atoms with Gasteiger partial charge in [-0.25, -0.2) is 0 Å². The topological polar surface area (TPSA) is 59.3 Å². The van der Waals surface area contributed by atoms with Crippen LogP contribution in [0.2, 0.25) is 0 Å². The molecule has 2 aromatic rings. The van der Waals surface area contributed by atoms with E-state index in [1.807, 2.05) is 0 Å². The summed E-state index contributed by atoms with van der Waals surface area (Å²) in [4.78, 5) is 24.3. The van der Waals surface area contributed by atoms with E-state index in [-0.39, 0.29) is 17.1 Å². The van der Waals surface area contributed by atoms with Gasteiger partial charge in [-0.2, -0.15) is 0 Å². The summed E-state index contributed by atoms with van der Waals surface area (Å²) in [5.74, 6) is -0.225. The molecule has 1 amide bonds. The van der Waals surface area contributed by atoms with Crippen LogP contribution < -0.4 is 10.7 Å². The first-order chi connectivity index (χ1) is 14.7. The quantitative estimate of drug-likeness (QED) is 0.301. The Labute approximate surface area is 181 Å². The number of hydrogen-bond donors (Lipinski definition) is 1. The lowest BCUT2D eigenvalue weighted by molar-refractivity contribution is 0.0926. The largest absolute Gasteiger partial charge is 0.451 e. The van der Waals surface area contributed by atoms with Crippen molar-refractivity contribution < 1.29 is 9.21 Å². The second-order valence-electron chi connectivity index (χ2n) is 8.32. The van der Waals surface area contributed by atoms with Crippen LogP contribution in [0.15, 0.2) is 39.5 Å². The lowest BCUT2D eigenvalue weighted by Gasteiger charge is -2.06. The molecule has 2 rings (SSSR count). The summed E-state index contributed by atoms with van der Waals surface area (Å²) in [6.45, 7) is 2.89. The molecule has 4 heteroatoms. The highest BCUT2D eigenvalue weighted by atomic mass is 16.3. The number of rotatable bonds is 16. The average Bonchev–Trinajstić information content (AvgIpc) is 2.76. The zero-order valence-electron chi connectivity index (χ0n) is 18.7. The van der Waals surface area contributed by atoms with Crippen LogP contribution in [-0.4, -0.2) is 12.5 Å². The molecule has 30 heavy (non-hydrogen) atoms. The number of hydrogen-bond acceptors (Lipinski definition) is 3. The van der Waals surface area contributed by atoms with Gasteiger partial charge in [0.05, 0.1) is 5.39 Å². The molecule has 0 atom stereocenters. The molecule has 0 aliphatic carbocycles. The number of nitrogens with one attached hydrogen (secondary N) is 1. The third-order valence-electron chi connectivity index (χ3n) is 5.67. The van der Waals surface area contributed by atoms with Gasteiger partial charge in [0.25, 0.3) is 5.91 Å². The first-order valence-electron chi connectivity index (χ1n) is 12.0. The van der Waals surface area contributed by atoms with Crippen molar-refractivity contribution >= 4 is 16.9 Å². The van der Waals surface area contributed by atoms with Crippen LogP contribution in [0, 0.1) is 0 Å². The monoisotopic (exact) mass is 413 g/mol. The Hall–Kier alpha value is -2.10. The van der Waals surface area contributed by atoms with Gasteiger partial charge < -0.3 is 9.73 Å². The highest BCUT2D eigenvalue weighted by Crippen LogP contribution is 2.13. The van der Waals surface area contributed by atoms with Crippen molar-refractivity contribution in [3.8, 4) is 0 Å². The van der Waals surface area contributed by atoms with Gasteiger partial charge in [0.2, 0.25) is 0 Å². The minimum Gasteiger partial charge on any atom is -0.451 e. The molecule has 166 valence electrons. The summed E-state index contributed by atoms with van der Waals surface area (Å²) >= 11 is 0. The molecule has 0 unspecified atom stereocenters. The van der Waals surface area contributed by atoms with Crippen LogP contribution in [-0.2, 0) is 0 Å². The van der Waals surface area contributed by atoms with Gasteiger partial charge in [-0.15, -0.1) is 0 Å². The van der Waals surface area contributed by atoms with Crippen molar-refractivity contribution in [3.63, 3.8) is 0 Å². The highest BCUT2D eigenvalue weighted by Gasteiger charge is 2.11. The third-order valence-corrected chi connectivity index (χ3v) is 5.67. The predicted molar refractivity (Wildman–Crippen MR) is 125 cm³/mol.